The molecule has 1 aromatic carbocycles. The lowest BCUT2D eigenvalue weighted by Crippen LogP contribution is -1.95. The summed E-state index contributed by atoms with van der Waals surface area (Å²) in [6.45, 7) is 2.05. The third-order valence-corrected chi connectivity index (χ3v) is 4.95. The maximum Gasteiger partial charge on any atom is 0.216 e. The SMILES string of the molecule is Cc1ccsc1/C=N/n1c(-c2cc(-c3ccccc3)n[nH]2)n[nH]c1=S. The highest BCUT2D eigenvalue weighted by atomic mass is 32.1. The summed E-state index contributed by atoms with van der Waals surface area (Å²) in [5.41, 5.74) is 3.79. The van der Waals surface area contributed by atoms with Crippen LogP contribution in [0.1, 0.15) is 10.4 Å². The zero-order chi connectivity index (χ0) is 17.2. The lowest BCUT2D eigenvalue weighted by Gasteiger charge is -1.97. The number of hydrogen-bond acceptors (Lipinski definition) is 5. The highest BCUT2D eigenvalue weighted by Crippen LogP contribution is 2.22. The molecule has 2 N–H and O–H groups in total. The zero-order valence-electron chi connectivity index (χ0n) is 13.3. The van der Waals surface area contributed by atoms with E-state index in [1.54, 1.807) is 22.2 Å². The van der Waals surface area contributed by atoms with Crippen LogP contribution in [0.15, 0.2) is 52.9 Å². The van der Waals surface area contributed by atoms with Crippen molar-refractivity contribution in [3.05, 3.63) is 63.1 Å². The van der Waals surface area contributed by atoms with Crippen molar-refractivity contribution in [2.75, 3.05) is 0 Å². The minimum atomic E-state index is 0.427. The number of H-pyrrole nitrogens is 2. The van der Waals surface area contributed by atoms with Crippen LogP contribution in [0.2, 0.25) is 0 Å². The average Bonchev–Trinajstić information content (AvgIpc) is 3.34. The van der Waals surface area contributed by atoms with E-state index in [9.17, 15) is 0 Å². The maximum atomic E-state index is 5.30. The number of nitrogens with zero attached hydrogens (tertiary/aromatic N) is 4. The fraction of sp³-hybridized carbons (Fsp3) is 0.0588. The van der Waals surface area contributed by atoms with Crippen LogP contribution in [0, 0.1) is 11.7 Å². The highest BCUT2D eigenvalue weighted by molar-refractivity contribution is 7.71. The third-order valence-electron chi connectivity index (χ3n) is 3.73. The Hall–Kier alpha value is -2.84. The van der Waals surface area contributed by atoms with Gasteiger partial charge in [-0.25, -0.2) is 5.10 Å². The second-order valence-corrected chi connectivity index (χ2v) is 6.74. The van der Waals surface area contributed by atoms with Gasteiger partial charge in [-0.2, -0.15) is 20.0 Å². The number of nitrogens with one attached hydrogen (secondary N) is 2. The molecule has 0 spiro atoms. The van der Waals surface area contributed by atoms with Crippen LogP contribution in [-0.4, -0.2) is 31.3 Å². The molecule has 124 valence electrons. The molecule has 0 amide bonds. The summed E-state index contributed by atoms with van der Waals surface area (Å²) in [7, 11) is 0. The second kappa shape index (κ2) is 6.58. The van der Waals surface area contributed by atoms with Crippen molar-refractivity contribution in [2.24, 2.45) is 5.10 Å². The number of hydrogen-bond donors (Lipinski definition) is 2. The van der Waals surface area contributed by atoms with Crippen LogP contribution in [0.3, 0.4) is 0 Å². The van der Waals surface area contributed by atoms with Gasteiger partial charge in [0.15, 0.2) is 0 Å². The monoisotopic (exact) mass is 366 g/mol. The molecule has 0 bridgehead atoms. The van der Waals surface area contributed by atoms with Gasteiger partial charge in [-0.15, -0.1) is 11.3 Å². The van der Waals surface area contributed by atoms with Gasteiger partial charge in [0, 0.05) is 5.56 Å². The smallest absolute Gasteiger partial charge is 0.216 e. The molecule has 0 saturated heterocycles. The van der Waals surface area contributed by atoms with Gasteiger partial charge >= 0.3 is 0 Å². The molecular weight excluding hydrogens is 352 g/mol. The second-order valence-electron chi connectivity index (χ2n) is 5.41. The van der Waals surface area contributed by atoms with E-state index in [0.717, 1.165) is 21.8 Å². The van der Waals surface area contributed by atoms with Crippen LogP contribution in [0.5, 0.6) is 0 Å². The fourth-order valence-corrected chi connectivity index (χ4v) is 3.35. The molecule has 3 aromatic heterocycles. The lowest BCUT2D eigenvalue weighted by atomic mass is 10.1. The molecule has 3 heterocycles. The van der Waals surface area contributed by atoms with E-state index in [0.29, 0.717) is 10.6 Å². The maximum absolute atomic E-state index is 5.30. The van der Waals surface area contributed by atoms with Crippen LogP contribution < -0.4 is 0 Å². The van der Waals surface area contributed by atoms with Gasteiger partial charge in [-0.1, -0.05) is 30.3 Å². The van der Waals surface area contributed by atoms with Crippen molar-refractivity contribution in [1.82, 2.24) is 25.1 Å². The predicted octanol–water partition coefficient (Wildman–Crippen LogP) is 4.25. The van der Waals surface area contributed by atoms with Crippen molar-refractivity contribution in [1.29, 1.82) is 0 Å². The fourth-order valence-electron chi connectivity index (χ4n) is 2.39. The van der Waals surface area contributed by atoms with Gasteiger partial charge in [-0.05, 0) is 42.2 Å². The lowest BCUT2D eigenvalue weighted by molar-refractivity contribution is 0.866. The Kier molecular flexibility index (Phi) is 4.12. The molecule has 25 heavy (non-hydrogen) atoms. The quantitative estimate of drug-likeness (QED) is 0.419. The average molecular weight is 366 g/mol. The molecule has 8 heteroatoms. The topological polar surface area (TPSA) is 74.7 Å². The first-order valence-corrected chi connectivity index (χ1v) is 8.88. The largest absolute Gasteiger partial charge is 0.274 e. The van der Waals surface area contributed by atoms with E-state index >= 15 is 0 Å². The molecule has 4 aromatic rings. The van der Waals surface area contributed by atoms with Crippen LogP contribution in [0.25, 0.3) is 22.8 Å². The van der Waals surface area contributed by atoms with Gasteiger partial charge in [0.05, 0.1) is 16.8 Å². The standard InChI is InChI=1S/C17H14N6S2/c1-11-7-8-25-15(11)10-18-23-16(21-22-17(23)24)14-9-13(19-20-14)12-5-3-2-4-6-12/h2-10H,1H3,(H,19,20)(H,22,24)/b18-10+. The first kappa shape index (κ1) is 15.7. The van der Waals surface area contributed by atoms with Crippen molar-refractivity contribution < 1.29 is 0 Å². The number of aromatic amines is 2. The van der Waals surface area contributed by atoms with E-state index in [2.05, 4.69) is 38.5 Å². The molecule has 0 radical (unpaired) electrons. The summed E-state index contributed by atoms with van der Waals surface area (Å²) in [5.74, 6) is 0.588. The number of thiophene rings is 1. The van der Waals surface area contributed by atoms with Crippen LogP contribution in [0.4, 0.5) is 0 Å². The minimum Gasteiger partial charge on any atom is -0.274 e. The summed E-state index contributed by atoms with van der Waals surface area (Å²) in [4.78, 5) is 1.09. The molecule has 0 atom stereocenters. The Labute approximate surface area is 152 Å². The summed E-state index contributed by atoms with van der Waals surface area (Å²) in [5, 5.41) is 21.0. The molecule has 0 aliphatic heterocycles. The molecule has 0 unspecified atom stereocenters. The molecule has 0 aliphatic rings. The summed E-state index contributed by atoms with van der Waals surface area (Å²) in [6.07, 6.45) is 1.79. The van der Waals surface area contributed by atoms with Crippen LogP contribution >= 0.6 is 23.6 Å². The Morgan fingerprint density at radius 3 is 2.76 bits per heavy atom. The molecule has 6 nitrogen and oxygen atoms in total. The number of aryl methyl sites for hydroxylation is 1. The Bertz CT molecular complexity index is 1080. The normalized spacial score (nSPS) is 11.4. The Morgan fingerprint density at radius 2 is 2.00 bits per heavy atom. The van der Waals surface area contributed by atoms with E-state index in [4.69, 9.17) is 12.2 Å². The van der Waals surface area contributed by atoms with Crippen molar-refractivity contribution >= 4 is 29.8 Å². The number of aromatic nitrogens is 5. The van der Waals surface area contributed by atoms with Gasteiger partial charge in [-0.3, -0.25) is 5.10 Å². The minimum absolute atomic E-state index is 0.427. The molecule has 0 aliphatic carbocycles. The first-order valence-electron chi connectivity index (χ1n) is 7.59. The predicted molar refractivity (Wildman–Crippen MR) is 102 cm³/mol. The highest BCUT2D eigenvalue weighted by Gasteiger charge is 2.12. The van der Waals surface area contributed by atoms with Gasteiger partial charge in [0.2, 0.25) is 10.6 Å². The molecule has 4 rings (SSSR count). The number of benzene rings is 1. The molecule has 0 saturated carbocycles. The summed E-state index contributed by atoms with van der Waals surface area (Å²) in [6, 6.07) is 13.9. The Balaban J connectivity index is 1.71. The first-order chi connectivity index (χ1) is 12.2. The van der Waals surface area contributed by atoms with Crippen molar-refractivity contribution in [3.8, 4) is 22.8 Å². The van der Waals surface area contributed by atoms with Crippen molar-refractivity contribution in [3.63, 3.8) is 0 Å². The molecular formula is C17H14N6S2. The summed E-state index contributed by atoms with van der Waals surface area (Å²) >= 11 is 6.93. The third kappa shape index (κ3) is 3.09. The van der Waals surface area contributed by atoms with E-state index in [1.807, 2.05) is 41.8 Å². The summed E-state index contributed by atoms with van der Waals surface area (Å²) < 4.78 is 2.02. The molecule has 0 fully saturated rings. The van der Waals surface area contributed by atoms with E-state index < -0.39 is 0 Å². The number of rotatable bonds is 4. The van der Waals surface area contributed by atoms with Gasteiger partial charge < -0.3 is 0 Å². The van der Waals surface area contributed by atoms with Gasteiger partial charge in [0.25, 0.3) is 0 Å². The van der Waals surface area contributed by atoms with E-state index in [1.165, 1.54) is 5.56 Å². The van der Waals surface area contributed by atoms with Gasteiger partial charge in [0.1, 0.15) is 5.69 Å². The zero-order valence-corrected chi connectivity index (χ0v) is 14.9. The van der Waals surface area contributed by atoms with Crippen LogP contribution in [-0.2, 0) is 0 Å². The van der Waals surface area contributed by atoms with Crippen molar-refractivity contribution in [2.45, 2.75) is 6.92 Å². The van der Waals surface area contributed by atoms with E-state index in [-0.39, 0.29) is 0 Å². The Morgan fingerprint density at radius 1 is 1.16 bits per heavy atom.